The van der Waals surface area contributed by atoms with Crippen molar-refractivity contribution in [2.24, 2.45) is 0 Å². The number of halogens is 1. The first kappa shape index (κ1) is 17.1. The molecule has 0 bridgehead atoms. The lowest BCUT2D eigenvalue weighted by atomic mass is 10.1. The van der Waals surface area contributed by atoms with Crippen LogP contribution in [0.25, 0.3) is 11.0 Å². The Morgan fingerprint density at radius 3 is 2.77 bits per heavy atom. The number of fused-ring (bicyclic) bond motifs is 1. The number of piperidine rings is 1. The normalized spacial score (nSPS) is 15.4. The number of nitrogens with zero attached hydrogens (tertiary/aromatic N) is 5. The highest BCUT2D eigenvalue weighted by molar-refractivity contribution is 6.30. The van der Waals surface area contributed by atoms with E-state index in [-0.39, 0.29) is 0 Å². The maximum Gasteiger partial charge on any atom is 0.251 e. The van der Waals surface area contributed by atoms with Gasteiger partial charge in [0, 0.05) is 11.6 Å². The van der Waals surface area contributed by atoms with Crippen LogP contribution in [0.4, 0.5) is 5.82 Å². The van der Waals surface area contributed by atoms with Crippen molar-refractivity contribution in [3.8, 4) is 11.6 Å². The van der Waals surface area contributed by atoms with Crippen LogP contribution in [0.2, 0.25) is 5.02 Å². The molecule has 0 aliphatic carbocycles. The van der Waals surface area contributed by atoms with E-state index in [9.17, 15) is 0 Å². The van der Waals surface area contributed by atoms with Crippen LogP contribution >= 0.6 is 11.6 Å². The molecule has 2 aromatic heterocycles. The molecule has 0 radical (unpaired) electrons. The molecule has 7 nitrogen and oxygen atoms in total. The molecular weight excluding hydrogens is 352 g/mol. The minimum Gasteiger partial charge on any atom is -0.437 e. The number of hydrogen-bond donors (Lipinski definition) is 1. The third kappa shape index (κ3) is 3.59. The van der Waals surface area contributed by atoms with Gasteiger partial charge in [0.25, 0.3) is 5.88 Å². The van der Waals surface area contributed by atoms with Crippen LogP contribution in [0.3, 0.4) is 0 Å². The van der Waals surface area contributed by atoms with E-state index in [2.05, 4.69) is 20.0 Å². The maximum absolute atomic E-state index is 6.07. The number of likely N-dealkylation sites (tertiary alicyclic amines) is 1. The lowest BCUT2D eigenvalue weighted by molar-refractivity contribution is 0.218. The quantitative estimate of drug-likeness (QED) is 0.739. The van der Waals surface area contributed by atoms with Crippen LogP contribution in [0, 0.1) is 0 Å². The molecule has 4 rings (SSSR count). The van der Waals surface area contributed by atoms with E-state index in [1.165, 1.54) is 25.6 Å². The Balaban J connectivity index is 1.62. The summed E-state index contributed by atoms with van der Waals surface area (Å²) in [5.74, 6) is 1.36. The topological polar surface area (TPSA) is 82.1 Å². The van der Waals surface area contributed by atoms with Crippen LogP contribution in [0.1, 0.15) is 19.3 Å². The zero-order chi connectivity index (χ0) is 17.9. The minimum atomic E-state index is 0.358. The lowest BCUT2D eigenvalue weighted by Crippen LogP contribution is -2.32. The zero-order valence-corrected chi connectivity index (χ0v) is 15.2. The van der Waals surface area contributed by atoms with E-state index in [0.717, 1.165) is 26.2 Å². The second-order valence-electron chi connectivity index (χ2n) is 6.45. The van der Waals surface area contributed by atoms with E-state index >= 15 is 0 Å². The van der Waals surface area contributed by atoms with Gasteiger partial charge in [-0.2, -0.15) is 0 Å². The number of benzene rings is 1. The highest BCUT2D eigenvalue weighted by Crippen LogP contribution is 2.32. The predicted octanol–water partition coefficient (Wildman–Crippen LogP) is 3.34. The van der Waals surface area contributed by atoms with Crippen molar-refractivity contribution >= 4 is 28.5 Å². The Morgan fingerprint density at radius 2 is 1.96 bits per heavy atom. The van der Waals surface area contributed by atoms with E-state index < -0.39 is 0 Å². The first-order valence-electron chi connectivity index (χ1n) is 8.83. The van der Waals surface area contributed by atoms with Gasteiger partial charge >= 0.3 is 0 Å². The number of aromatic nitrogens is 4. The van der Waals surface area contributed by atoms with Crippen molar-refractivity contribution in [3.63, 3.8) is 0 Å². The lowest BCUT2D eigenvalue weighted by Gasteiger charge is -2.26. The average molecular weight is 373 g/mol. The van der Waals surface area contributed by atoms with E-state index in [4.69, 9.17) is 22.1 Å². The zero-order valence-electron chi connectivity index (χ0n) is 14.4. The van der Waals surface area contributed by atoms with Gasteiger partial charge < -0.3 is 15.4 Å². The van der Waals surface area contributed by atoms with E-state index in [0.29, 0.717) is 33.5 Å². The number of rotatable bonds is 5. The molecule has 8 heteroatoms. The summed E-state index contributed by atoms with van der Waals surface area (Å²) in [6.45, 7) is 3.94. The third-order valence-corrected chi connectivity index (χ3v) is 4.85. The van der Waals surface area contributed by atoms with Crippen molar-refractivity contribution in [2.75, 3.05) is 25.4 Å². The summed E-state index contributed by atoms with van der Waals surface area (Å²) >= 11 is 6.04. The van der Waals surface area contributed by atoms with Gasteiger partial charge in [0.2, 0.25) is 0 Å². The second kappa shape index (κ2) is 7.47. The van der Waals surface area contributed by atoms with E-state index in [1.54, 1.807) is 12.1 Å². The van der Waals surface area contributed by atoms with Crippen molar-refractivity contribution in [3.05, 3.63) is 35.6 Å². The number of nitrogens with two attached hydrogens (primary N) is 1. The van der Waals surface area contributed by atoms with Gasteiger partial charge in [-0.05, 0) is 44.1 Å². The van der Waals surface area contributed by atoms with Crippen LogP contribution < -0.4 is 10.5 Å². The summed E-state index contributed by atoms with van der Waals surface area (Å²) < 4.78 is 7.78. The summed E-state index contributed by atoms with van der Waals surface area (Å²) in [4.78, 5) is 10.9. The Bertz CT molecular complexity index is 906. The molecule has 0 saturated carbocycles. The van der Waals surface area contributed by atoms with Gasteiger partial charge in [-0.1, -0.05) is 24.1 Å². The number of hydrogen-bond acceptors (Lipinski definition) is 6. The largest absolute Gasteiger partial charge is 0.437 e. The first-order chi connectivity index (χ1) is 12.7. The molecule has 0 atom stereocenters. The molecular formula is C18H21ClN6O. The number of ether oxygens (including phenoxy) is 1. The Hall–Kier alpha value is -2.38. The Morgan fingerprint density at radius 1 is 1.12 bits per heavy atom. The fraction of sp³-hybridized carbons (Fsp3) is 0.389. The summed E-state index contributed by atoms with van der Waals surface area (Å²) in [5, 5.41) is 5.83. The molecule has 1 aliphatic rings. The summed E-state index contributed by atoms with van der Waals surface area (Å²) in [5.41, 5.74) is 6.76. The highest BCUT2D eigenvalue weighted by atomic mass is 35.5. The van der Waals surface area contributed by atoms with Crippen LogP contribution in [-0.4, -0.2) is 44.3 Å². The molecule has 136 valence electrons. The molecule has 1 aliphatic heterocycles. The number of nitrogen functional groups attached to an aromatic ring is 1. The fourth-order valence-electron chi connectivity index (χ4n) is 3.29. The van der Waals surface area contributed by atoms with Gasteiger partial charge in [-0.25, -0.2) is 14.6 Å². The van der Waals surface area contributed by atoms with Gasteiger partial charge in [-0.3, -0.25) is 0 Å². The molecule has 1 aromatic carbocycles. The average Bonchev–Trinajstić information content (AvgIpc) is 3.00. The molecule has 1 saturated heterocycles. The maximum atomic E-state index is 6.07. The van der Waals surface area contributed by atoms with Crippen molar-refractivity contribution in [1.29, 1.82) is 0 Å². The first-order valence-corrected chi connectivity index (χ1v) is 9.21. The molecule has 26 heavy (non-hydrogen) atoms. The van der Waals surface area contributed by atoms with Crippen LogP contribution in [-0.2, 0) is 6.54 Å². The monoisotopic (exact) mass is 372 g/mol. The van der Waals surface area contributed by atoms with Crippen LogP contribution in [0.15, 0.2) is 30.6 Å². The smallest absolute Gasteiger partial charge is 0.251 e. The highest BCUT2D eigenvalue weighted by Gasteiger charge is 2.18. The molecule has 3 heterocycles. The molecule has 0 amide bonds. The van der Waals surface area contributed by atoms with E-state index in [1.807, 2.05) is 16.8 Å². The fourth-order valence-corrected chi connectivity index (χ4v) is 3.47. The van der Waals surface area contributed by atoms with Crippen molar-refractivity contribution in [2.45, 2.75) is 25.8 Å². The Labute approximate surface area is 156 Å². The summed E-state index contributed by atoms with van der Waals surface area (Å²) in [6, 6.07) is 7.18. The van der Waals surface area contributed by atoms with Crippen molar-refractivity contribution < 1.29 is 4.74 Å². The minimum absolute atomic E-state index is 0.358. The van der Waals surface area contributed by atoms with Crippen molar-refractivity contribution in [1.82, 2.24) is 24.6 Å². The predicted molar refractivity (Wildman–Crippen MR) is 102 cm³/mol. The molecule has 3 aromatic rings. The Kier molecular flexibility index (Phi) is 4.90. The number of anilines is 1. The SMILES string of the molecule is Nc1ncnc2c1c(Oc1cccc(Cl)c1)nn2CCN1CCCCC1. The van der Waals surface area contributed by atoms with Gasteiger partial charge in [0.15, 0.2) is 5.65 Å². The second-order valence-corrected chi connectivity index (χ2v) is 6.88. The summed E-state index contributed by atoms with van der Waals surface area (Å²) in [7, 11) is 0. The molecule has 1 fully saturated rings. The standard InChI is InChI=1S/C18H21ClN6O/c19-13-5-4-6-14(11-13)26-18-15-16(20)21-12-22-17(15)25(23-18)10-9-24-7-2-1-3-8-24/h4-6,11-12H,1-3,7-10H2,(H2,20,21,22). The van der Waals surface area contributed by atoms with Gasteiger partial charge in [0.1, 0.15) is 23.3 Å². The van der Waals surface area contributed by atoms with Crippen LogP contribution in [0.5, 0.6) is 11.6 Å². The third-order valence-electron chi connectivity index (χ3n) is 4.61. The molecule has 0 unspecified atom stereocenters. The van der Waals surface area contributed by atoms with Gasteiger partial charge in [0.05, 0.1) is 6.54 Å². The van der Waals surface area contributed by atoms with Gasteiger partial charge in [-0.15, -0.1) is 5.10 Å². The molecule has 2 N–H and O–H groups in total. The molecule has 0 spiro atoms. The summed E-state index contributed by atoms with van der Waals surface area (Å²) in [6.07, 6.45) is 5.30.